The molecule has 0 radical (unpaired) electrons. The first kappa shape index (κ1) is 21.9. The molecule has 0 aliphatic carbocycles. The predicted molar refractivity (Wildman–Crippen MR) is 115 cm³/mol. The van der Waals surface area contributed by atoms with Crippen molar-refractivity contribution >= 4 is 5.96 Å². The van der Waals surface area contributed by atoms with Crippen molar-refractivity contribution < 1.29 is 14.2 Å². The zero-order valence-corrected chi connectivity index (χ0v) is 18.3. The first-order valence-electron chi connectivity index (χ1n) is 10.3. The Bertz CT molecular complexity index is 851. The van der Waals surface area contributed by atoms with Gasteiger partial charge in [-0.15, -0.1) is 0 Å². The number of benzene rings is 1. The molecule has 9 heteroatoms. The molecular weight excluding hydrogens is 384 g/mol. The second-order valence-corrected chi connectivity index (χ2v) is 7.23. The van der Waals surface area contributed by atoms with Crippen molar-refractivity contribution in [3.8, 4) is 11.5 Å². The number of aromatic nitrogens is 3. The monoisotopic (exact) mass is 416 g/mol. The second-order valence-electron chi connectivity index (χ2n) is 7.23. The molecule has 30 heavy (non-hydrogen) atoms. The van der Waals surface area contributed by atoms with Crippen LogP contribution in [-0.4, -0.2) is 61.7 Å². The molecule has 1 aliphatic heterocycles. The maximum Gasteiger partial charge on any atom is 0.191 e. The summed E-state index contributed by atoms with van der Waals surface area (Å²) < 4.78 is 17.8. The summed E-state index contributed by atoms with van der Waals surface area (Å²) in [6.45, 7) is 2.05. The Morgan fingerprint density at radius 1 is 1.23 bits per heavy atom. The summed E-state index contributed by atoms with van der Waals surface area (Å²) in [5, 5.41) is 11.4. The fourth-order valence-electron chi connectivity index (χ4n) is 3.59. The van der Waals surface area contributed by atoms with E-state index in [1.807, 2.05) is 16.8 Å². The van der Waals surface area contributed by atoms with E-state index >= 15 is 0 Å². The van der Waals surface area contributed by atoms with Gasteiger partial charge in [0, 0.05) is 33.2 Å². The van der Waals surface area contributed by atoms with Crippen molar-refractivity contribution in [1.82, 2.24) is 25.4 Å². The molecule has 1 aromatic carbocycles. The maximum atomic E-state index is 5.38. The van der Waals surface area contributed by atoms with Crippen LogP contribution in [0, 0.1) is 0 Å². The van der Waals surface area contributed by atoms with Crippen molar-refractivity contribution in [2.75, 3.05) is 34.9 Å². The first-order valence-corrected chi connectivity index (χ1v) is 10.3. The molecule has 1 aliphatic rings. The Kier molecular flexibility index (Phi) is 7.89. The van der Waals surface area contributed by atoms with Crippen LogP contribution < -0.4 is 20.1 Å². The minimum absolute atomic E-state index is 0.270. The van der Waals surface area contributed by atoms with Crippen molar-refractivity contribution in [3.63, 3.8) is 0 Å². The van der Waals surface area contributed by atoms with Gasteiger partial charge in [0.05, 0.1) is 20.8 Å². The number of hydrogen-bond donors (Lipinski definition) is 2. The minimum atomic E-state index is 0.270. The summed E-state index contributed by atoms with van der Waals surface area (Å²) in [7, 11) is 6.76. The van der Waals surface area contributed by atoms with Gasteiger partial charge < -0.3 is 24.8 Å². The van der Waals surface area contributed by atoms with E-state index in [1.54, 1.807) is 28.4 Å². The molecule has 2 aromatic rings. The van der Waals surface area contributed by atoms with E-state index < -0.39 is 0 Å². The molecule has 0 fully saturated rings. The third-order valence-electron chi connectivity index (χ3n) is 5.12. The zero-order valence-electron chi connectivity index (χ0n) is 18.3. The third-order valence-corrected chi connectivity index (χ3v) is 5.12. The van der Waals surface area contributed by atoms with Gasteiger partial charge in [-0.25, -0.2) is 9.67 Å². The highest BCUT2D eigenvalue weighted by Crippen LogP contribution is 2.27. The fraction of sp³-hybridized carbons (Fsp3) is 0.571. The Balaban J connectivity index is 1.44. The lowest BCUT2D eigenvalue weighted by molar-refractivity contribution is 0.177. The van der Waals surface area contributed by atoms with Crippen LogP contribution in [0.4, 0.5) is 0 Å². The van der Waals surface area contributed by atoms with E-state index in [0.717, 1.165) is 67.9 Å². The average molecular weight is 417 g/mol. The van der Waals surface area contributed by atoms with Crippen molar-refractivity contribution in [2.45, 2.75) is 44.9 Å². The lowest BCUT2D eigenvalue weighted by Gasteiger charge is -2.25. The molecule has 3 rings (SSSR count). The average Bonchev–Trinajstić information content (AvgIpc) is 3.17. The number of aliphatic imine (C=N–C) groups is 1. The summed E-state index contributed by atoms with van der Waals surface area (Å²) in [5.74, 6) is 4.09. The molecule has 9 nitrogen and oxygen atoms in total. The van der Waals surface area contributed by atoms with Crippen LogP contribution in [0.3, 0.4) is 0 Å². The minimum Gasteiger partial charge on any atom is -0.493 e. The molecule has 2 heterocycles. The van der Waals surface area contributed by atoms with Crippen molar-refractivity contribution in [2.24, 2.45) is 4.99 Å². The van der Waals surface area contributed by atoms with E-state index in [2.05, 4.69) is 31.8 Å². The number of fused-ring (bicyclic) bond motifs is 1. The Labute approximate surface area is 177 Å². The van der Waals surface area contributed by atoms with Crippen LogP contribution in [0.5, 0.6) is 11.5 Å². The smallest absolute Gasteiger partial charge is 0.191 e. The van der Waals surface area contributed by atoms with Gasteiger partial charge in [0.1, 0.15) is 12.4 Å². The highest BCUT2D eigenvalue weighted by molar-refractivity contribution is 5.79. The van der Waals surface area contributed by atoms with E-state index in [9.17, 15) is 0 Å². The molecule has 2 N–H and O–H groups in total. The largest absolute Gasteiger partial charge is 0.493 e. The number of hydrogen-bond acceptors (Lipinski definition) is 6. The van der Waals surface area contributed by atoms with Gasteiger partial charge in [-0.2, -0.15) is 5.10 Å². The number of aryl methyl sites for hydroxylation is 2. The highest BCUT2D eigenvalue weighted by Gasteiger charge is 2.22. The first-order chi connectivity index (χ1) is 14.7. The highest BCUT2D eigenvalue weighted by atomic mass is 16.5. The van der Waals surface area contributed by atoms with Gasteiger partial charge in [0.2, 0.25) is 0 Å². The van der Waals surface area contributed by atoms with Crippen molar-refractivity contribution in [1.29, 1.82) is 0 Å². The Hall–Kier alpha value is -2.81. The third kappa shape index (κ3) is 5.63. The molecule has 1 aromatic heterocycles. The SMILES string of the molecule is CN=C(NCCCc1ccc(OC)c(OC)c1)NC1CCc2nc(COC)nn2C1. The quantitative estimate of drug-likeness (QED) is 0.364. The number of guanidine groups is 1. The second kappa shape index (κ2) is 10.8. The molecule has 0 saturated carbocycles. The van der Waals surface area contributed by atoms with Crippen LogP contribution in [-0.2, 0) is 30.7 Å². The molecule has 0 amide bonds. The molecule has 164 valence electrons. The Morgan fingerprint density at radius 3 is 2.80 bits per heavy atom. The number of methoxy groups -OCH3 is 3. The normalized spacial score (nSPS) is 16.1. The van der Waals surface area contributed by atoms with Crippen molar-refractivity contribution in [3.05, 3.63) is 35.4 Å². The molecule has 1 unspecified atom stereocenters. The Morgan fingerprint density at radius 2 is 2.07 bits per heavy atom. The summed E-state index contributed by atoms with van der Waals surface area (Å²) in [5.41, 5.74) is 1.22. The number of ether oxygens (including phenoxy) is 3. The lowest BCUT2D eigenvalue weighted by atomic mass is 10.1. The molecular formula is C21H32N6O3. The molecule has 0 bridgehead atoms. The van der Waals surface area contributed by atoms with Gasteiger partial charge in [-0.1, -0.05) is 6.07 Å². The maximum absolute atomic E-state index is 5.38. The number of nitrogens with zero attached hydrogens (tertiary/aromatic N) is 4. The predicted octanol–water partition coefficient (Wildman–Crippen LogP) is 1.55. The van der Waals surface area contributed by atoms with Crippen LogP contribution in [0.25, 0.3) is 0 Å². The van der Waals surface area contributed by atoms with Crippen LogP contribution in [0.15, 0.2) is 23.2 Å². The van der Waals surface area contributed by atoms with E-state index in [0.29, 0.717) is 6.61 Å². The van der Waals surface area contributed by atoms with Gasteiger partial charge in [-0.05, 0) is 37.0 Å². The molecule has 0 spiro atoms. The van der Waals surface area contributed by atoms with Gasteiger partial charge in [0.15, 0.2) is 23.3 Å². The number of nitrogens with one attached hydrogen (secondary N) is 2. The van der Waals surface area contributed by atoms with Gasteiger partial charge in [-0.3, -0.25) is 4.99 Å². The molecule has 1 atom stereocenters. The summed E-state index contributed by atoms with van der Waals surface area (Å²) >= 11 is 0. The summed E-state index contributed by atoms with van der Waals surface area (Å²) in [6, 6.07) is 6.32. The van der Waals surface area contributed by atoms with Gasteiger partial charge in [0.25, 0.3) is 0 Å². The lowest BCUT2D eigenvalue weighted by Crippen LogP contribution is -2.47. The zero-order chi connectivity index (χ0) is 21.3. The topological polar surface area (TPSA) is 94.8 Å². The number of rotatable bonds is 9. The van der Waals surface area contributed by atoms with E-state index in [-0.39, 0.29) is 6.04 Å². The van der Waals surface area contributed by atoms with Crippen LogP contribution in [0.2, 0.25) is 0 Å². The molecule has 0 saturated heterocycles. The van der Waals surface area contributed by atoms with Crippen LogP contribution >= 0.6 is 0 Å². The van der Waals surface area contributed by atoms with Crippen LogP contribution in [0.1, 0.15) is 30.1 Å². The fourth-order valence-corrected chi connectivity index (χ4v) is 3.59. The van der Waals surface area contributed by atoms with Gasteiger partial charge >= 0.3 is 0 Å². The van der Waals surface area contributed by atoms with E-state index in [1.165, 1.54) is 5.56 Å². The summed E-state index contributed by atoms with van der Waals surface area (Å²) in [6.07, 6.45) is 3.81. The van der Waals surface area contributed by atoms with E-state index in [4.69, 9.17) is 14.2 Å². The standard InChI is InChI=1S/C21H32N6O3/c1-22-21(23-11-5-6-15-7-9-17(29-3)18(12-15)30-4)24-16-8-10-20-25-19(14-28-2)26-27(20)13-16/h7,9,12,16H,5-6,8,10-11,13-14H2,1-4H3,(H2,22,23,24). The summed E-state index contributed by atoms with van der Waals surface area (Å²) in [4.78, 5) is 8.88.